The van der Waals surface area contributed by atoms with Crippen molar-refractivity contribution < 1.29 is 13.2 Å². The molecule has 0 spiro atoms. The molecule has 0 atom stereocenters. The van der Waals surface area contributed by atoms with Crippen molar-refractivity contribution in [2.24, 2.45) is 0 Å². The molecule has 0 unspecified atom stereocenters. The molecule has 0 aliphatic rings. The largest absolute Gasteiger partial charge is 0.416 e. The van der Waals surface area contributed by atoms with E-state index in [2.05, 4.69) is 22.0 Å². The summed E-state index contributed by atoms with van der Waals surface area (Å²) in [5, 5.41) is 7.18. The van der Waals surface area contributed by atoms with Crippen molar-refractivity contribution in [2.75, 3.05) is 5.32 Å². The molecule has 7 heteroatoms. The van der Waals surface area contributed by atoms with Crippen molar-refractivity contribution in [3.05, 3.63) is 66.0 Å². The topological polar surface area (TPSA) is 42.2 Å². The molecule has 0 aliphatic heterocycles. The zero-order valence-electron chi connectivity index (χ0n) is 12.2. The minimum Gasteiger partial charge on any atom is -0.340 e. The first-order valence-electron chi connectivity index (χ1n) is 6.78. The minimum absolute atomic E-state index is 0.473. The highest BCUT2D eigenvalue weighted by Gasteiger charge is 2.30. The normalized spacial score (nSPS) is 11.7. The molecule has 0 aliphatic carbocycles. The summed E-state index contributed by atoms with van der Waals surface area (Å²) in [5.74, 6) is 0.641. The van der Waals surface area contributed by atoms with Crippen molar-refractivity contribution in [1.82, 2.24) is 14.6 Å². The van der Waals surface area contributed by atoms with Gasteiger partial charge in [-0.05, 0) is 42.3 Å². The SMILES string of the molecule is C=C(Nc1cc(C)cc2ncnn12)c1ccc(C(F)(F)F)cc1. The fourth-order valence-corrected chi connectivity index (χ4v) is 2.23. The summed E-state index contributed by atoms with van der Waals surface area (Å²) in [4.78, 5) is 4.12. The van der Waals surface area contributed by atoms with Crippen LogP contribution in [0.5, 0.6) is 0 Å². The van der Waals surface area contributed by atoms with Gasteiger partial charge >= 0.3 is 6.18 Å². The van der Waals surface area contributed by atoms with Gasteiger partial charge in [-0.3, -0.25) is 0 Å². The van der Waals surface area contributed by atoms with E-state index in [9.17, 15) is 13.2 Å². The predicted molar refractivity (Wildman–Crippen MR) is 81.8 cm³/mol. The van der Waals surface area contributed by atoms with Gasteiger partial charge in [0.05, 0.1) is 5.56 Å². The van der Waals surface area contributed by atoms with Gasteiger partial charge in [-0.25, -0.2) is 4.98 Å². The average Bonchev–Trinajstić information content (AvgIpc) is 2.94. The van der Waals surface area contributed by atoms with Crippen LogP contribution in [0.15, 0.2) is 49.3 Å². The Balaban J connectivity index is 1.87. The number of benzene rings is 1. The Bertz CT molecular complexity index is 863. The Hall–Kier alpha value is -2.83. The van der Waals surface area contributed by atoms with Crippen LogP contribution in [-0.4, -0.2) is 14.6 Å². The first-order valence-corrected chi connectivity index (χ1v) is 6.78. The quantitative estimate of drug-likeness (QED) is 0.789. The molecule has 0 radical (unpaired) electrons. The lowest BCUT2D eigenvalue weighted by Gasteiger charge is -2.13. The molecule has 0 saturated heterocycles. The van der Waals surface area contributed by atoms with Crippen LogP contribution < -0.4 is 5.32 Å². The lowest BCUT2D eigenvalue weighted by Crippen LogP contribution is -2.06. The molecule has 2 heterocycles. The van der Waals surface area contributed by atoms with Crippen molar-refractivity contribution in [3.63, 3.8) is 0 Å². The van der Waals surface area contributed by atoms with Crippen LogP contribution in [0, 0.1) is 6.92 Å². The molecule has 1 N–H and O–H groups in total. The van der Waals surface area contributed by atoms with Crippen molar-refractivity contribution in [1.29, 1.82) is 0 Å². The van der Waals surface area contributed by atoms with Gasteiger partial charge in [-0.15, -0.1) is 0 Å². The van der Waals surface area contributed by atoms with Gasteiger partial charge in [0.1, 0.15) is 12.1 Å². The van der Waals surface area contributed by atoms with Gasteiger partial charge < -0.3 is 5.32 Å². The number of aromatic nitrogens is 3. The average molecular weight is 318 g/mol. The Morgan fingerprint density at radius 1 is 1.17 bits per heavy atom. The number of halogens is 3. The van der Waals surface area contributed by atoms with E-state index in [1.807, 2.05) is 19.1 Å². The van der Waals surface area contributed by atoms with Crippen molar-refractivity contribution >= 4 is 17.2 Å². The Morgan fingerprint density at radius 3 is 2.52 bits per heavy atom. The lowest BCUT2D eigenvalue weighted by atomic mass is 10.1. The van der Waals surface area contributed by atoms with Crippen LogP contribution in [0.1, 0.15) is 16.7 Å². The maximum atomic E-state index is 12.6. The van der Waals surface area contributed by atoms with Crippen LogP contribution in [0.2, 0.25) is 0 Å². The Labute approximate surface area is 130 Å². The van der Waals surface area contributed by atoms with Crippen LogP contribution in [0.3, 0.4) is 0 Å². The molecule has 23 heavy (non-hydrogen) atoms. The molecule has 0 amide bonds. The number of nitrogens with zero attached hydrogens (tertiary/aromatic N) is 3. The van der Waals surface area contributed by atoms with E-state index in [0.717, 1.165) is 17.7 Å². The van der Waals surface area contributed by atoms with Crippen molar-refractivity contribution in [2.45, 2.75) is 13.1 Å². The molecular weight excluding hydrogens is 305 g/mol. The fraction of sp³-hybridized carbons (Fsp3) is 0.125. The van der Waals surface area contributed by atoms with Crippen LogP contribution in [0.4, 0.5) is 19.0 Å². The number of alkyl halides is 3. The first-order chi connectivity index (χ1) is 10.8. The summed E-state index contributed by atoms with van der Waals surface area (Å²) >= 11 is 0. The zero-order valence-corrected chi connectivity index (χ0v) is 12.2. The summed E-state index contributed by atoms with van der Waals surface area (Å²) in [6, 6.07) is 8.56. The van der Waals surface area contributed by atoms with E-state index < -0.39 is 11.7 Å². The Kier molecular flexibility index (Phi) is 3.55. The predicted octanol–water partition coefficient (Wildman–Crippen LogP) is 4.14. The van der Waals surface area contributed by atoms with E-state index in [1.165, 1.54) is 18.5 Å². The summed E-state index contributed by atoms with van der Waals surface area (Å²) in [6.07, 6.45) is -2.92. The third-order valence-corrected chi connectivity index (χ3v) is 3.36. The van der Waals surface area contributed by atoms with Crippen LogP contribution in [0.25, 0.3) is 11.3 Å². The second-order valence-corrected chi connectivity index (χ2v) is 5.13. The molecule has 1 aromatic carbocycles. The number of nitrogens with one attached hydrogen (secondary N) is 1. The maximum absolute atomic E-state index is 12.6. The van der Waals surface area contributed by atoms with Gasteiger partial charge in [-0.2, -0.15) is 22.8 Å². The summed E-state index contributed by atoms with van der Waals surface area (Å²) in [5.41, 5.74) is 2.00. The third kappa shape index (κ3) is 3.03. The lowest BCUT2D eigenvalue weighted by molar-refractivity contribution is -0.137. The van der Waals surface area contributed by atoms with E-state index >= 15 is 0 Å². The molecule has 0 fully saturated rings. The maximum Gasteiger partial charge on any atom is 0.416 e. The summed E-state index contributed by atoms with van der Waals surface area (Å²) in [6.45, 7) is 5.80. The van der Waals surface area contributed by atoms with Gasteiger partial charge in [0, 0.05) is 5.70 Å². The molecule has 118 valence electrons. The van der Waals surface area contributed by atoms with Crippen molar-refractivity contribution in [3.8, 4) is 0 Å². The molecule has 4 nitrogen and oxygen atoms in total. The Morgan fingerprint density at radius 2 is 1.87 bits per heavy atom. The smallest absolute Gasteiger partial charge is 0.340 e. The molecule has 0 bridgehead atoms. The number of aryl methyl sites for hydroxylation is 1. The van der Waals surface area contributed by atoms with Crippen LogP contribution >= 0.6 is 0 Å². The molecule has 3 aromatic rings. The molecule has 0 saturated carbocycles. The van der Waals surface area contributed by atoms with Gasteiger partial charge in [-0.1, -0.05) is 18.7 Å². The van der Waals surface area contributed by atoms with Gasteiger partial charge in [0.2, 0.25) is 0 Å². The number of rotatable bonds is 3. The highest BCUT2D eigenvalue weighted by molar-refractivity contribution is 5.75. The molecule has 2 aromatic heterocycles. The van der Waals surface area contributed by atoms with E-state index in [-0.39, 0.29) is 0 Å². The van der Waals surface area contributed by atoms with E-state index in [0.29, 0.717) is 22.7 Å². The van der Waals surface area contributed by atoms with Gasteiger partial charge in [0.15, 0.2) is 5.65 Å². The van der Waals surface area contributed by atoms with E-state index in [4.69, 9.17) is 0 Å². The molecule has 3 rings (SSSR count). The minimum atomic E-state index is -4.35. The standard InChI is InChI=1S/C16H13F3N4/c1-10-7-14-20-9-21-23(14)15(8-10)22-11(2)12-3-5-13(6-4-12)16(17,18)19/h3-9,22H,2H2,1H3. The number of anilines is 1. The van der Waals surface area contributed by atoms with Crippen LogP contribution in [-0.2, 0) is 6.18 Å². The highest BCUT2D eigenvalue weighted by Crippen LogP contribution is 2.30. The fourth-order valence-electron chi connectivity index (χ4n) is 2.23. The van der Waals surface area contributed by atoms with Gasteiger partial charge in [0.25, 0.3) is 0 Å². The number of hydrogen-bond acceptors (Lipinski definition) is 3. The summed E-state index contributed by atoms with van der Waals surface area (Å²) in [7, 11) is 0. The monoisotopic (exact) mass is 318 g/mol. The second-order valence-electron chi connectivity index (χ2n) is 5.13. The summed E-state index contributed by atoms with van der Waals surface area (Å²) < 4.78 is 39.4. The second kappa shape index (κ2) is 5.42. The number of pyridine rings is 1. The number of hydrogen-bond donors (Lipinski definition) is 1. The molecular formula is C16H13F3N4. The number of fused-ring (bicyclic) bond motifs is 1. The van der Waals surface area contributed by atoms with E-state index in [1.54, 1.807) is 4.52 Å². The highest BCUT2D eigenvalue weighted by atomic mass is 19.4. The third-order valence-electron chi connectivity index (χ3n) is 3.36. The zero-order chi connectivity index (χ0) is 16.6. The first kappa shape index (κ1) is 15.1.